The van der Waals surface area contributed by atoms with E-state index in [-0.39, 0.29) is 5.91 Å². The molecule has 1 fully saturated rings. The van der Waals surface area contributed by atoms with Gasteiger partial charge in [-0.05, 0) is 36.6 Å². The van der Waals surface area contributed by atoms with Gasteiger partial charge in [0.15, 0.2) is 0 Å². The lowest BCUT2D eigenvalue weighted by Crippen LogP contribution is -2.41. The van der Waals surface area contributed by atoms with Crippen molar-refractivity contribution in [3.05, 3.63) is 53.7 Å². The molecule has 5 heteroatoms. The lowest BCUT2D eigenvalue weighted by atomic mass is 10.0. The summed E-state index contributed by atoms with van der Waals surface area (Å²) in [6, 6.07) is 12.1. The minimum Gasteiger partial charge on any atom is -0.378 e. The van der Waals surface area contributed by atoms with Crippen LogP contribution < -0.4 is 4.90 Å². The largest absolute Gasteiger partial charge is 0.378 e. The molecule has 124 valence electrons. The van der Waals surface area contributed by atoms with Gasteiger partial charge in [0.05, 0.1) is 18.8 Å². The average molecular weight is 323 g/mol. The zero-order chi connectivity index (χ0) is 16.4. The molecule has 0 N–H and O–H groups in total. The Kier molecular flexibility index (Phi) is 4.17. The number of rotatable bonds is 2. The van der Waals surface area contributed by atoms with Gasteiger partial charge in [0.2, 0.25) is 0 Å². The number of ether oxygens (including phenoxy) is 1. The van der Waals surface area contributed by atoms with Crippen molar-refractivity contribution in [2.75, 3.05) is 37.7 Å². The van der Waals surface area contributed by atoms with Crippen LogP contribution in [0, 0.1) is 0 Å². The van der Waals surface area contributed by atoms with E-state index in [1.54, 1.807) is 6.20 Å². The Bertz CT molecular complexity index is 741. The maximum absolute atomic E-state index is 13.0. The molecule has 1 saturated heterocycles. The molecule has 5 nitrogen and oxygen atoms in total. The van der Waals surface area contributed by atoms with Gasteiger partial charge in [0.1, 0.15) is 5.82 Å². The summed E-state index contributed by atoms with van der Waals surface area (Å²) in [5.74, 6) is 0.811. The monoisotopic (exact) mass is 323 g/mol. The molecule has 2 aromatic rings. The molecule has 0 aliphatic carbocycles. The van der Waals surface area contributed by atoms with E-state index in [9.17, 15) is 4.79 Å². The Morgan fingerprint density at radius 1 is 1.04 bits per heavy atom. The smallest absolute Gasteiger partial charge is 0.257 e. The van der Waals surface area contributed by atoms with Crippen LogP contribution in [-0.2, 0) is 11.2 Å². The molecular formula is C19H21N3O2. The Hall–Kier alpha value is -2.40. The maximum atomic E-state index is 13.0. The van der Waals surface area contributed by atoms with Gasteiger partial charge in [0, 0.05) is 31.5 Å². The highest BCUT2D eigenvalue weighted by molar-refractivity contribution is 5.99. The number of carbonyl (C=O) groups is 1. The number of aryl methyl sites for hydroxylation is 1. The van der Waals surface area contributed by atoms with Crippen LogP contribution in [0.15, 0.2) is 42.6 Å². The van der Waals surface area contributed by atoms with Gasteiger partial charge in [-0.25, -0.2) is 4.98 Å². The summed E-state index contributed by atoms with van der Waals surface area (Å²) in [5.41, 5.74) is 3.16. The average Bonchev–Trinajstić information content (AvgIpc) is 2.68. The van der Waals surface area contributed by atoms with Crippen molar-refractivity contribution in [1.29, 1.82) is 0 Å². The lowest BCUT2D eigenvalue weighted by molar-refractivity contribution is 0.0303. The van der Waals surface area contributed by atoms with Crippen molar-refractivity contribution in [2.24, 2.45) is 0 Å². The second-order valence-corrected chi connectivity index (χ2v) is 6.16. The number of pyridine rings is 1. The zero-order valence-electron chi connectivity index (χ0n) is 13.6. The first-order valence-corrected chi connectivity index (χ1v) is 8.52. The lowest BCUT2D eigenvalue weighted by Gasteiger charge is -2.33. The first kappa shape index (κ1) is 15.1. The summed E-state index contributed by atoms with van der Waals surface area (Å²) < 4.78 is 5.36. The molecule has 1 aromatic carbocycles. The maximum Gasteiger partial charge on any atom is 0.257 e. The molecule has 1 amide bonds. The van der Waals surface area contributed by atoms with Crippen LogP contribution >= 0.6 is 0 Å². The Morgan fingerprint density at radius 3 is 2.75 bits per heavy atom. The van der Waals surface area contributed by atoms with Crippen LogP contribution in [0.25, 0.3) is 0 Å². The quantitative estimate of drug-likeness (QED) is 0.852. The molecule has 0 atom stereocenters. The van der Waals surface area contributed by atoms with Crippen molar-refractivity contribution in [1.82, 2.24) is 9.88 Å². The number of para-hydroxylation sites is 1. The number of hydrogen-bond donors (Lipinski definition) is 0. The van der Waals surface area contributed by atoms with E-state index in [0.717, 1.165) is 25.2 Å². The van der Waals surface area contributed by atoms with E-state index in [4.69, 9.17) is 4.74 Å². The highest BCUT2D eigenvalue weighted by Crippen LogP contribution is 2.34. The van der Waals surface area contributed by atoms with Gasteiger partial charge in [-0.3, -0.25) is 4.79 Å². The molecule has 0 spiro atoms. The van der Waals surface area contributed by atoms with E-state index in [1.807, 2.05) is 23.1 Å². The summed E-state index contributed by atoms with van der Waals surface area (Å²) in [4.78, 5) is 21.6. The van der Waals surface area contributed by atoms with Crippen LogP contribution in [0.1, 0.15) is 22.3 Å². The Labute approximate surface area is 141 Å². The van der Waals surface area contributed by atoms with Crippen molar-refractivity contribution in [2.45, 2.75) is 12.8 Å². The molecule has 4 rings (SSSR count). The van der Waals surface area contributed by atoms with E-state index in [0.29, 0.717) is 31.9 Å². The van der Waals surface area contributed by atoms with Crippen molar-refractivity contribution in [3.63, 3.8) is 0 Å². The third-order valence-corrected chi connectivity index (χ3v) is 4.68. The van der Waals surface area contributed by atoms with Gasteiger partial charge in [-0.1, -0.05) is 18.2 Å². The molecule has 3 heterocycles. The summed E-state index contributed by atoms with van der Waals surface area (Å²) in [5, 5.41) is 0. The molecule has 1 aromatic heterocycles. The molecular weight excluding hydrogens is 302 g/mol. The summed E-state index contributed by atoms with van der Waals surface area (Å²) in [6.07, 6.45) is 3.91. The fourth-order valence-corrected chi connectivity index (χ4v) is 3.47. The van der Waals surface area contributed by atoms with E-state index >= 15 is 0 Å². The van der Waals surface area contributed by atoms with Crippen LogP contribution in [0.4, 0.5) is 11.5 Å². The van der Waals surface area contributed by atoms with Gasteiger partial charge in [-0.15, -0.1) is 0 Å². The Balaban J connectivity index is 1.71. The molecule has 2 aliphatic rings. The van der Waals surface area contributed by atoms with E-state index in [1.165, 1.54) is 11.3 Å². The number of morpholine rings is 1. The molecule has 0 saturated carbocycles. The van der Waals surface area contributed by atoms with Crippen molar-refractivity contribution >= 4 is 17.4 Å². The van der Waals surface area contributed by atoms with E-state index < -0.39 is 0 Å². The second-order valence-electron chi connectivity index (χ2n) is 6.16. The normalized spacial score (nSPS) is 17.5. The van der Waals surface area contributed by atoms with Gasteiger partial charge in [-0.2, -0.15) is 0 Å². The zero-order valence-corrected chi connectivity index (χ0v) is 13.6. The fourth-order valence-electron chi connectivity index (χ4n) is 3.47. The number of hydrogen-bond acceptors (Lipinski definition) is 4. The van der Waals surface area contributed by atoms with Crippen molar-refractivity contribution < 1.29 is 9.53 Å². The summed E-state index contributed by atoms with van der Waals surface area (Å²) in [6.45, 7) is 3.38. The second kappa shape index (κ2) is 6.61. The standard InChI is InChI=1S/C19H21N3O2/c23-19(21-11-13-24-14-12-21)16-7-3-9-20-18(16)22-10-4-6-15-5-1-2-8-17(15)22/h1-3,5,7-9H,4,6,10-14H2. The van der Waals surface area contributed by atoms with Crippen LogP contribution in [0.3, 0.4) is 0 Å². The summed E-state index contributed by atoms with van der Waals surface area (Å²) >= 11 is 0. The molecule has 2 aliphatic heterocycles. The van der Waals surface area contributed by atoms with Crippen LogP contribution in [0.2, 0.25) is 0 Å². The van der Waals surface area contributed by atoms with Crippen LogP contribution in [0.5, 0.6) is 0 Å². The number of anilines is 2. The highest BCUT2D eigenvalue weighted by atomic mass is 16.5. The molecule has 0 radical (unpaired) electrons. The number of fused-ring (bicyclic) bond motifs is 1. The number of benzene rings is 1. The predicted octanol–water partition coefficient (Wildman–Crippen LogP) is 2.64. The third-order valence-electron chi connectivity index (χ3n) is 4.68. The predicted molar refractivity (Wildman–Crippen MR) is 92.7 cm³/mol. The SMILES string of the molecule is O=C(c1cccnc1N1CCCc2ccccc21)N1CCOCC1. The topological polar surface area (TPSA) is 45.7 Å². The Morgan fingerprint density at radius 2 is 1.88 bits per heavy atom. The van der Waals surface area contributed by atoms with Gasteiger partial charge < -0.3 is 14.5 Å². The summed E-state index contributed by atoms with van der Waals surface area (Å²) in [7, 11) is 0. The van der Waals surface area contributed by atoms with Gasteiger partial charge in [0.25, 0.3) is 5.91 Å². The number of nitrogens with zero attached hydrogens (tertiary/aromatic N) is 3. The molecule has 0 unspecified atom stereocenters. The minimum atomic E-state index is 0.0458. The minimum absolute atomic E-state index is 0.0458. The molecule has 24 heavy (non-hydrogen) atoms. The van der Waals surface area contributed by atoms with Crippen LogP contribution in [-0.4, -0.2) is 48.6 Å². The van der Waals surface area contributed by atoms with E-state index in [2.05, 4.69) is 28.1 Å². The number of carbonyl (C=O) groups excluding carboxylic acids is 1. The molecule has 0 bridgehead atoms. The van der Waals surface area contributed by atoms with Crippen molar-refractivity contribution in [3.8, 4) is 0 Å². The first-order chi connectivity index (χ1) is 11.8. The number of amides is 1. The third kappa shape index (κ3) is 2.76. The number of aromatic nitrogens is 1. The first-order valence-electron chi connectivity index (χ1n) is 8.52. The fraction of sp³-hybridized carbons (Fsp3) is 0.368. The highest BCUT2D eigenvalue weighted by Gasteiger charge is 2.26. The van der Waals surface area contributed by atoms with Gasteiger partial charge >= 0.3 is 0 Å².